The van der Waals surface area contributed by atoms with E-state index in [1.165, 1.54) is 11.9 Å². The first kappa shape index (κ1) is 18.9. The van der Waals surface area contributed by atoms with Crippen LogP contribution in [-0.4, -0.2) is 30.8 Å². The summed E-state index contributed by atoms with van der Waals surface area (Å²) in [5, 5.41) is 13.8. The van der Waals surface area contributed by atoms with Gasteiger partial charge in [-0.3, -0.25) is 9.67 Å². The summed E-state index contributed by atoms with van der Waals surface area (Å²) in [6, 6.07) is 9.33. The highest BCUT2D eigenvalue weighted by molar-refractivity contribution is 5.87. The van der Waals surface area contributed by atoms with Crippen LogP contribution in [0.5, 0.6) is 0 Å². The molecule has 0 fully saturated rings. The number of aromatic carboxylic acids is 1. The highest BCUT2D eigenvalue weighted by Crippen LogP contribution is 2.27. The molecule has 2 N–H and O–H groups in total. The maximum atomic E-state index is 11.0. The van der Waals surface area contributed by atoms with Gasteiger partial charge in [0, 0.05) is 11.9 Å². The fourth-order valence-corrected chi connectivity index (χ4v) is 3.07. The number of hydrogen-bond donors (Lipinski definition) is 2. The molecule has 0 aliphatic carbocycles. The molecule has 142 valence electrons. The first-order chi connectivity index (χ1) is 12.6. The Hall–Kier alpha value is -2.89. The first-order valence-electron chi connectivity index (χ1n) is 9.13. The van der Waals surface area contributed by atoms with Crippen LogP contribution in [-0.2, 0) is 12.0 Å². The van der Waals surface area contributed by atoms with Gasteiger partial charge in [-0.1, -0.05) is 13.8 Å². The van der Waals surface area contributed by atoms with Gasteiger partial charge in [0.25, 0.3) is 0 Å². The van der Waals surface area contributed by atoms with Gasteiger partial charge in [0.2, 0.25) is 0 Å². The van der Waals surface area contributed by atoms with Gasteiger partial charge in [-0.25, -0.2) is 4.79 Å². The molecule has 0 aromatic carbocycles. The minimum absolute atomic E-state index is 0.0912. The molecule has 3 heterocycles. The number of aromatic nitrogens is 4. The van der Waals surface area contributed by atoms with E-state index in [4.69, 9.17) is 10.2 Å². The summed E-state index contributed by atoms with van der Waals surface area (Å²) < 4.78 is 2.10. The van der Waals surface area contributed by atoms with E-state index >= 15 is 0 Å². The second-order valence-electron chi connectivity index (χ2n) is 8.22. The van der Waals surface area contributed by atoms with Crippen molar-refractivity contribution >= 4 is 5.97 Å². The van der Waals surface area contributed by atoms with E-state index in [1.54, 1.807) is 12.1 Å². The molecule has 3 aromatic rings. The summed E-state index contributed by atoms with van der Waals surface area (Å²) in [7, 11) is 0. The molecule has 0 saturated carbocycles. The van der Waals surface area contributed by atoms with Gasteiger partial charge in [-0.2, -0.15) is 5.10 Å². The van der Waals surface area contributed by atoms with Crippen LogP contribution in [0.1, 0.15) is 50.7 Å². The van der Waals surface area contributed by atoms with Gasteiger partial charge >= 0.3 is 5.97 Å². The Morgan fingerprint density at radius 2 is 1.81 bits per heavy atom. The molecular weight excluding hydrogens is 340 g/mol. The van der Waals surface area contributed by atoms with E-state index in [0.29, 0.717) is 11.6 Å². The molecule has 6 heteroatoms. The van der Waals surface area contributed by atoms with E-state index in [9.17, 15) is 4.79 Å². The second-order valence-corrected chi connectivity index (χ2v) is 8.22. The predicted octanol–water partition coefficient (Wildman–Crippen LogP) is 4.59. The van der Waals surface area contributed by atoms with Gasteiger partial charge in [0.05, 0.1) is 28.2 Å². The number of carbonyl (C=O) groups is 1. The molecule has 0 bridgehead atoms. The monoisotopic (exact) mass is 366 g/mol. The maximum absolute atomic E-state index is 11.0. The van der Waals surface area contributed by atoms with Crippen LogP contribution >= 0.6 is 0 Å². The standard InChI is InChI=1S/C21H26N4O2/c1-13(2)10-15-11-19(24-25(15)21(3,4)5)18-9-8-17(23-18)16-7-6-14(12-22-16)20(26)27/h6-9,11-13,23H,10H2,1-5H3,(H,26,27). The molecule has 3 rings (SSSR count). The van der Waals surface area contributed by atoms with Crippen molar-refractivity contribution < 1.29 is 9.90 Å². The van der Waals surface area contributed by atoms with Crippen molar-refractivity contribution in [1.82, 2.24) is 19.7 Å². The second kappa shape index (κ2) is 7.02. The molecular formula is C21H26N4O2. The fraction of sp³-hybridized carbons (Fsp3) is 0.381. The molecule has 0 unspecified atom stereocenters. The van der Waals surface area contributed by atoms with E-state index < -0.39 is 5.97 Å². The molecule has 3 aromatic heterocycles. The quantitative estimate of drug-likeness (QED) is 0.691. The Labute approximate surface area is 159 Å². The zero-order chi connectivity index (χ0) is 19.8. The predicted molar refractivity (Wildman–Crippen MR) is 106 cm³/mol. The number of nitrogens with one attached hydrogen (secondary N) is 1. The van der Waals surface area contributed by atoms with Gasteiger partial charge in [-0.05, 0) is 63.4 Å². The van der Waals surface area contributed by atoms with Crippen molar-refractivity contribution in [3.05, 3.63) is 47.8 Å². The van der Waals surface area contributed by atoms with Crippen molar-refractivity contribution in [2.75, 3.05) is 0 Å². The topological polar surface area (TPSA) is 83.8 Å². The van der Waals surface area contributed by atoms with Crippen molar-refractivity contribution in [2.45, 2.75) is 46.6 Å². The summed E-state index contributed by atoms with van der Waals surface area (Å²) >= 11 is 0. The van der Waals surface area contributed by atoms with E-state index in [2.05, 4.69) is 55.3 Å². The summed E-state index contributed by atoms with van der Waals surface area (Å²) in [4.78, 5) is 18.6. The Morgan fingerprint density at radius 3 is 2.33 bits per heavy atom. The molecule has 27 heavy (non-hydrogen) atoms. The molecule has 6 nitrogen and oxygen atoms in total. The first-order valence-corrected chi connectivity index (χ1v) is 9.13. The lowest BCUT2D eigenvalue weighted by Gasteiger charge is -2.23. The molecule has 0 atom stereocenters. The smallest absolute Gasteiger partial charge is 0.337 e. The number of hydrogen-bond acceptors (Lipinski definition) is 3. The Morgan fingerprint density at radius 1 is 1.15 bits per heavy atom. The third-order valence-corrected chi connectivity index (χ3v) is 4.28. The normalized spacial score (nSPS) is 11.9. The van der Waals surface area contributed by atoms with Crippen molar-refractivity contribution in [2.24, 2.45) is 5.92 Å². The lowest BCUT2D eigenvalue weighted by atomic mass is 10.0. The zero-order valence-corrected chi connectivity index (χ0v) is 16.4. The number of carboxylic acids is 1. The molecule has 0 radical (unpaired) electrons. The van der Waals surface area contributed by atoms with Crippen LogP contribution in [0.25, 0.3) is 22.8 Å². The Balaban J connectivity index is 1.94. The molecule has 0 spiro atoms. The Bertz CT molecular complexity index is 943. The molecule has 0 aliphatic rings. The molecule has 0 amide bonds. The van der Waals surface area contributed by atoms with Gasteiger partial charge < -0.3 is 10.1 Å². The van der Waals surface area contributed by atoms with E-state index in [1.807, 2.05) is 12.1 Å². The van der Waals surface area contributed by atoms with Crippen LogP contribution in [0.4, 0.5) is 0 Å². The van der Waals surface area contributed by atoms with Gasteiger partial charge in [-0.15, -0.1) is 0 Å². The van der Waals surface area contributed by atoms with Gasteiger partial charge in [0.15, 0.2) is 0 Å². The average molecular weight is 366 g/mol. The Kier molecular flexibility index (Phi) is 4.91. The highest BCUT2D eigenvalue weighted by atomic mass is 16.4. The fourth-order valence-electron chi connectivity index (χ4n) is 3.07. The van der Waals surface area contributed by atoms with E-state index in [-0.39, 0.29) is 11.1 Å². The van der Waals surface area contributed by atoms with Crippen LogP contribution in [0.3, 0.4) is 0 Å². The number of rotatable bonds is 5. The highest BCUT2D eigenvalue weighted by Gasteiger charge is 2.21. The third-order valence-electron chi connectivity index (χ3n) is 4.28. The number of H-pyrrole nitrogens is 1. The van der Waals surface area contributed by atoms with Crippen LogP contribution < -0.4 is 0 Å². The third kappa shape index (κ3) is 4.10. The van der Waals surface area contributed by atoms with Crippen LogP contribution in [0.15, 0.2) is 36.5 Å². The number of carboxylic acid groups (broad SMARTS) is 1. The molecule has 0 saturated heterocycles. The number of nitrogens with zero attached hydrogens (tertiary/aromatic N) is 3. The zero-order valence-electron chi connectivity index (χ0n) is 16.4. The number of pyridine rings is 1. The van der Waals surface area contributed by atoms with Crippen LogP contribution in [0, 0.1) is 5.92 Å². The lowest BCUT2D eigenvalue weighted by molar-refractivity contribution is 0.0696. The minimum atomic E-state index is -0.980. The van der Waals surface area contributed by atoms with Crippen molar-refractivity contribution in [1.29, 1.82) is 0 Å². The maximum Gasteiger partial charge on any atom is 0.337 e. The average Bonchev–Trinajstić information content (AvgIpc) is 3.20. The summed E-state index contributed by atoms with van der Waals surface area (Å²) in [5.41, 5.74) is 4.64. The largest absolute Gasteiger partial charge is 0.478 e. The van der Waals surface area contributed by atoms with Crippen molar-refractivity contribution in [3.8, 4) is 22.8 Å². The summed E-state index contributed by atoms with van der Waals surface area (Å²) in [6.45, 7) is 10.9. The minimum Gasteiger partial charge on any atom is -0.478 e. The summed E-state index contributed by atoms with van der Waals surface area (Å²) in [6.07, 6.45) is 2.34. The van der Waals surface area contributed by atoms with Gasteiger partial charge in [0.1, 0.15) is 5.69 Å². The van der Waals surface area contributed by atoms with E-state index in [0.717, 1.165) is 23.5 Å². The lowest BCUT2D eigenvalue weighted by Crippen LogP contribution is -2.25. The van der Waals surface area contributed by atoms with Crippen molar-refractivity contribution in [3.63, 3.8) is 0 Å². The SMILES string of the molecule is CC(C)Cc1cc(-c2ccc(-c3ccc(C(=O)O)cn3)[nH]2)nn1C(C)(C)C. The summed E-state index contributed by atoms with van der Waals surface area (Å²) in [5.74, 6) is -0.432. The van der Waals surface area contributed by atoms with Crippen LogP contribution in [0.2, 0.25) is 0 Å². The molecule has 0 aliphatic heterocycles. The number of aromatic amines is 1.